The van der Waals surface area contributed by atoms with Crippen LogP contribution in [0.25, 0.3) is 0 Å². The van der Waals surface area contributed by atoms with Crippen molar-refractivity contribution in [1.29, 1.82) is 0 Å². The first-order valence-electron chi connectivity index (χ1n) is 7.65. The molecule has 1 aromatic rings. The highest BCUT2D eigenvalue weighted by Gasteiger charge is 2.22. The number of carbonyl (C=O) groups excluding carboxylic acids is 1. The zero-order valence-electron chi connectivity index (χ0n) is 14.0. The van der Waals surface area contributed by atoms with E-state index in [-0.39, 0.29) is 12.0 Å². The van der Waals surface area contributed by atoms with E-state index in [4.69, 9.17) is 9.47 Å². The number of carbonyl (C=O) groups is 1. The van der Waals surface area contributed by atoms with Gasteiger partial charge in [-0.1, -0.05) is 42.0 Å². The number of ether oxygens (including phenoxy) is 2. The highest BCUT2D eigenvalue weighted by atomic mass is 16.5. The van der Waals surface area contributed by atoms with Crippen molar-refractivity contribution in [3.05, 3.63) is 47.5 Å². The molecule has 0 saturated carbocycles. The summed E-state index contributed by atoms with van der Waals surface area (Å²) >= 11 is 0. The summed E-state index contributed by atoms with van der Waals surface area (Å²) in [5, 5.41) is 0. The Morgan fingerprint density at radius 3 is 2.55 bits per heavy atom. The van der Waals surface area contributed by atoms with Crippen LogP contribution in [0.2, 0.25) is 0 Å². The van der Waals surface area contributed by atoms with Gasteiger partial charge in [-0.15, -0.1) is 0 Å². The lowest BCUT2D eigenvalue weighted by Gasteiger charge is -2.22. The maximum atomic E-state index is 11.9. The Bertz CT molecular complexity index is 468. The monoisotopic (exact) mass is 305 g/mol. The molecule has 0 spiro atoms. The van der Waals surface area contributed by atoms with Crippen molar-refractivity contribution in [2.24, 2.45) is 0 Å². The quantitative estimate of drug-likeness (QED) is 0.399. The van der Waals surface area contributed by atoms with Gasteiger partial charge in [0.1, 0.15) is 6.04 Å². The maximum absolute atomic E-state index is 11.9. The minimum Gasteiger partial charge on any atom is -0.465 e. The van der Waals surface area contributed by atoms with Gasteiger partial charge in [0.2, 0.25) is 0 Å². The SMILES string of the molecule is CCOC(=O)C(C/C(C)=C\COCc1ccccc1)N(C)C. The van der Waals surface area contributed by atoms with Crippen LogP contribution in [0.3, 0.4) is 0 Å². The van der Waals surface area contributed by atoms with Gasteiger partial charge in [-0.2, -0.15) is 0 Å². The molecule has 1 atom stereocenters. The number of esters is 1. The van der Waals surface area contributed by atoms with Crippen LogP contribution < -0.4 is 0 Å². The van der Waals surface area contributed by atoms with Crippen LogP contribution in [-0.4, -0.2) is 44.2 Å². The normalized spacial score (nSPS) is 13.2. The average Bonchev–Trinajstić information content (AvgIpc) is 2.50. The first kappa shape index (κ1) is 18.4. The second-order valence-electron chi connectivity index (χ2n) is 5.49. The van der Waals surface area contributed by atoms with Crippen LogP contribution in [0.4, 0.5) is 0 Å². The van der Waals surface area contributed by atoms with E-state index in [1.807, 2.05) is 69.3 Å². The van der Waals surface area contributed by atoms with Crippen LogP contribution in [0.5, 0.6) is 0 Å². The molecule has 0 aliphatic heterocycles. The number of hydrogen-bond donors (Lipinski definition) is 0. The number of benzene rings is 1. The second kappa shape index (κ2) is 10.1. The van der Waals surface area contributed by atoms with Crippen LogP contribution in [0.15, 0.2) is 42.0 Å². The van der Waals surface area contributed by atoms with E-state index in [0.717, 1.165) is 11.1 Å². The summed E-state index contributed by atoms with van der Waals surface area (Å²) in [5.74, 6) is -0.176. The van der Waals surface area contributed by atoms with Crippen LogP contribution in [-0.2, 0) is 20.9 Å². The molecular formula is C18H27NO3. The molecule has 0 aliphatic carbocycles. The highest BCUT2D eigenvalue weighted by molar-refractivity contribution is 5.76. The smallest absolute Gasteiger partial charge is 0.323 e. The Balaban J connectivity index is 2.41. The van der Waals surface area contributed by atoms with E-state index in [2.05, 4.69) is 0 Å². The second-order valence-corrected chi connectivity index (χ2v) is 5.49. The van der Waals surface area contributed by atoms with Gasteiger partial charge < -0.3 is 9.47 Å². The Hall–Kier alpha value is -1.65. The molecule has 0 aromatic heterocycles. The van der Waals surface area contributed by atoms with Crippen LogP contribution >= 0.6 is 0 Å². The topological polar surface area (TPSA) is 38.8 Å². The Labute approximate surface area is 133 Å². The van der Waals surface area contributed by atoms with Gasteiger partial charge in [0.05, 0.1) is 19.8 Å². The fourth-order valence-electron chi connectivity index (χ4n) is 2.06. The summed E-state index contributed by atoms with van der Waals surface area (Å²) in [6, 6.07) is 9.83. The van der Waals surface area contributed by atoms with Crippen molar-refractivity contribution in [1.82, 2.24) is 4.90 Å². The van der Waals surface area contributed by atoms with Crippen molar-refractivity contribution < 1.29 is 14.3 Å². The Kier molecular flexibility index (Phi) is 8.48. The molecule has 122 valence electrons. The molecule has 0 aliphatic rings. The molecule has 1 aromatic carbocycles. The van der Waals surface area contributed by atoms with Crippen LogP contribution in [0, 0.1) is 0 Å². The first-order chi connectivity index (χ1) is 10.5. The van der Waals surface area contributed by atoms with E-state index in [0.29, 0.717) is 26.2 Å². The fraction of sp³-hybridized carbons (Fsp3) is 0.500. The lowest BCUT2D eigenvalue weighted by atomic mass is 10.1. The molecule has 0 heterocycles. The molecule has 0 fully saturated rings. The summed E-state index contributed by atoms with van der Waals surface area (Å²) in [6.45, 7) is 5.39. The van der Waals surface area contributed by atoms with Crippen molar-refractivity contribution >= 4 is 5.97 Å². The summed E-state index contributed by atoms with van der Waals surface area (Å²) in [5.41, 5.74) is 2.28. The summed E-state index contributed by atoms with van der Waals surface area (Å²) in [4.78, 5) is 13.8. The van der Waals surface area contributed by atoms with Crippen molar-refractivity contribution in [3.63, 3.8) is 0 Å². The lowest BCUT2D eigenvalue weighted by molar-refractivity contribution is -0.148. The Morgan fingerprint density at radius 2 is 1.95 bits per heavy atom. The first-order valence-corrected chi connectivity index (χ1v) is 7.65. The van der Waals surface area contributed by atoms with E-state index in [9.17, 15) is 4.79 Å². The van der Waals surface area contributed by atoms with E-state index >= 15 is 0 Å². The molecule has 1 rings (SSSR count). The number of likely N-dealkylation sites (N-methyl/N-ethyl adjacent to an activating group) is 1. The molecule has 1 unspecified atom stereocenters. The van der Waals surface area contributed by atoms with Gasteiger partial charge in [0, 0.05) is 0 Å². The number of hydrogen-bond acceptors (Lipinski definition) is 4. The number of rotatable bonds is 9. The standard InChI is InChI=1S/C18H27NO3/c1-5-22-18(20)17(19(3)4)13-15(2)11-12-21-14-16-9-7-6-8-10-16/h6-11,17H,5,12-14H2,1-4H3/b15-11-. The third-order valence-electron chi connectivity index (χ3n) is 3.36. The minimum atomic E-state index is -0.245. The zero-order valence-corrected chi connectivity index (χ0v) is 14.0. The predicted molar refractivity (Wildman–Crippen MR) is 88.6 cm³/mol. The van der Waals surface area contributed by atoms with Gasteiger partial charge in [0.15, 0.2) is 0 Å². The lowest BCUT2D eigenvalue weighted by Crippen LogP contribution is -2.37. The molecule has 0 bridgehead atoms. The average molecular weight is 305 g/mol. The largest absolute Gasteiger partial charge is 0.465 e. The summed E-state index contributed by atoms with van der Waals surface area (Å²) < 4.78 is 10.7. The summed E-state index contributed by atoms with van der Waals surface area (Å²) in [7, 11) is 3.78. The van der Waals surface area contributed by atoms with Crippen molar-refractivity contribution in [3.8, 4) is 0 Å². The van der Waals surface area contributed by atoms with Gasteiger partial charge in [0.25, 0.3) is 0 Å². The molecule has 0 amide bonds. The maximum Gasteiger partial charge on any atom is 0.323 e. The molecular weight excluding hydrogens is 278 g/mol. The molecule has 0 radical (unpaired) electrons. The molecule has 4 nitrogen and oxygen atoms in total. The third-order valence-corrected chi connectivity index (χ3v) is 3.36. The molecule has 0 saturated heterocycles. The van der Waals surface area contributed by atoms with Crippen molar-refractivity contribution in [2.45, 2.75) is 32.9 Å². The molecule has 0 N–H and O–H groups in total. The van der Waals surface area contributed by atoms with Gasteiger partial charge in [-0.3, -0.25) is 9.69 Å². The van der Waals surface area contributed by atoms with Gasteiger partial charge in [-0.05, 0) is 39.9 Å². The van der Waals surface area contributed by atoms with Crippen molar-refractivity contribution in [2.75, 3.05) is 27.3 Å². The molecule has 4 heteroatoms. The zero-order chi connectivity index (χ0) is 16.4. The minimum absolute atomic E-state index is 0.176. The van der Waals surface area contributed by atoms with Crippen LogP contribution in [0.1, 0.15) is 25.8 Å². The Morgan fingerprint density at radius 1 is 1.27 bits per heavy atom. The van der Waals surface area contributed by atoms with E-state index < -0.39 is 0 Å². The third kappa shape index (κ3) is 6.87. The highest BCUT2D eigenvalue weighted by Crippen LogP contribution is 2.11. The van der Waals surface area contributed by atoms with E-state index in [1.54, 1.807) is 0 Å². The fourth-order valence-corrected chi connectivity index (χ4v) is 2.06. The van der Waals surface area contributed by atoms with Gasteiger partial charge >= 0.3 is 5.97 Å². The predicted octanol–water partition coefficient (Wildman–Crippen LogP) is 3.03. The van der Waals surface area contributed by atoms with Gasteiger partial charge in [-0.25, -0.2) is 0 Å². The molecule has 22 heavy (non-hydrogen) atoms. The number of nitrogens with zero attached hydrogens (tertiary/aromatic N) is 1. The summed E-state index contributed by atoms with van der Waals surface area (Å²) in [6.07, 6.45) is 2.68. The van der Waals surface area contributed by atoms with E-state index in [1.165, 1.54) is 0 Å².